The molecule has 1 atom stereocenters. The van der Waals surface area contributed by atoms with Crippen molar-refractivity contribution in [1.29, 1.82) is 0 Å². The first-order valence-electron chi connectivity index (χ1n) is 5.68. The Hall–Kier alpha value is -0.410. The van der Waals surface area contributed by atoms with Crippen LogP contribution in [0, 0.1) is 0 Å². The summed E-state index contributed by atoms with van der Waals surface area (Å²) < 4.78 is 0. The molecule has 1 unspecified atom stereocenters. The van der Waals surface area contributed by atoms with E-state index in [0.717, 1.165) is 19.6 Å². The second kappa shape index (κ2) is 6.14. The largest absolute Gasteiger partial charge is 0.306 e. The standard InChI is InChI=1S/C11H22N2O/c1-3-4-5-8-13(2)9-10-11(14)6-7-12-10/h10,12H,3-9H2,1-2H3. The number of likely N-dealkylation sites (N-methyl/N-ethyl adjacent to an activating group) is 1. The van der Waals surface area contributed by atoms with Gasteiger partial charge in [-0.05, 0) is 20.0 Å². The fourth-order valence-electron chi connectivity index (χ4n) is 1.86. The van der Waals surface area contributed by atoms with Gasteiger partial charge in [0.2, 0.25) is 0 Å². The monoisotopic (exact) mass is 198 g/mol. The van der Waals surface area contributed by atoms with Crippen LogP contribution in [0.1, 0.15) is 32.6 Å². The number of nitrogens with zero attached hydrogens (tertiary/aromatic N) is 1. The Labute approximate surface area is 86.9 Å². The average Bonchev–Trinajstić information content (AvgIpc) is 2.52. The zero-order valence-electron chi connectivity index (χ0n) is 9.38. The Morgan fingerprint density at radius 2 is 2.29 bits per heavy atom. The van der Waals surface area contributed by atoms with Gasteiger partial charge in [-0.1, -0.05) is 19.8 Å². The van der Waals surface area contributed by atoms with E-state index in [0.29, 0.717) is 12.2 Å². The number of rotatable bonds is 6. The van der Waals surface area contributed by atoms with E-state index in [-0.39, 0.29) is 6.04 Å². The Morgan fingerprint density at radius 3 is 2.86 bits per heavy atom. The van der Waals surface area contributed by atoms with E-state index in [1.165, 1.54) is 19.3 Å². The molecule has 0 aromatic rings. The minimum atomic E-state index is 0.0987. The molecule has 0 saturated carbocycles. The molecular formula is C11H22N2O. The molecule has 1 fully saturated rings. The first-order chi connectivity index (χ1) is 6.74. The average molecular weight is 198 g/mol. The molecular weight excluding hydrogens is 176 g/mol. The molecule has 3 heteroatoms. The van der Waals surface area contributed by atoms with Crippen LogP contribution >= 0.6 is 0 Å². The molecule has 0 aromatic heterocycles. The number of unbranched alkanes of at least 4 members (excludes halogenated alkanes) is 2. The first kappa shape index (κ1) is 11.7. The number of nitrogens with one attached hydrogen (secondary N) is 1. The molecule has 1 heterocycles. The van der Waals surface area contributed by atoms with Crippen LogP contribution in [0.2, 0.25) is 0 Å². The van der Waals surface area contributed by atoms with Gasteiger partial charge in [-0.2, -0.15) is 0 Å². The van der Waals surface area contributed by atoms with Gasteiger partial charge in [-0.15, -0.1) is 0 Å². The van der Waals surface area contributed by atoms with Crippen molar-refractivity contribution in [3.05, 3.63) is 0 Å². The summed E-state index contributed by atoms with van der Waals surface area (Å²) >= 11 is 0. The number of carbonyl (C=O) groups excluding carboxylic acids is 1. The van der Waals surface area contributed by atoms with Gasteiger partial charge in [-0.3, -0.25) is 4.79 Å². The van der Waals surface area contributed by atoms with Crippen molar-refractivity contribution < 1.29 is 4.79 Å². The van der Waals surface area contributed by atoms with E-state index in [1.54, 1.807) is 0 Å². The maximum absolute atomic E-state index is 11.4. The second-order valence-corrected chi connectivity index (χ2v) is 4.19. The summed E-state index contributed by atoms with van der Waals surface area (Å²) in [5, 5.41) is 3.24. The number of Topliss-reactive ketones (excluding diaryl/α,β-unsaturated/α-hetero) is 1. The smallest absolute Gasteiger partial charge is 0.152 e. The van der Waals surface area contributed by atoms with Gasteiger partial charge in [0.15, 0.2) is 5.78 Å². The molecule has 1 rings (SSSR count). The molecule has 0 aromatic carbocycles. The van der Waals surface area contributed by atoms with Gasteiger partial charge in [0, 0.05) is 19.5 Å². The van der Waals surface area contributed by atoms with Crippen LogP contribution in [0.25, 0.3) is 0 Å². The fraction of sp³-hybridized carbons (Fsp3) is 0.909. The zero-order chi connectivity index (χ0) is 10.4. The third kappa shape index (κ3) is 3.76. The van der Waals surface area contributed by atoms with Crippen LogP contribution in [0.5, 0.6) is 0 Å². The lowest BCUT2D eigenvalue weighted by Gasteiger charge is -2.19. The van der Waals surface area contributed by atoms with E-state index >= 15 is 0 Å². The van der Waals surface area contributed by atoms with Crippen LogP contribution in [0.3, 0.4) is 0 Å². The minimum absolute atomic E-state index is 0.0987. The molecule has 0 bridgehead atoms. The summed E-state index contributed by atoms with van der Waals surface area (Å²) in [5.41, 5.74) is 0. The lowest BCUT2D eigenvalue weighted by atomic mass is 10.2. The van der Waals surface area contributed by atoms with E-state index < -0.39 is 0 Å². The molecule has 82 valence electrons. The van der Waals surface area contributed by atoms with Crippen molar-refractivity contribution >= 4 is 5.78 Å². The number of hydrogen-bond donors (Lipinski definition) is 1. The van der Waals surface area contributed by atoms with E-state index in [9.17, 15) is 4.79 Å². The SMILES string of the molecule is CCCCCN(C)CC1NCCC1=O. The maximum Gasteiger partial charge on any atom is 0.152 e. The Balaban J connectivity index is 2.12. The highest BCUT2D eigenvalue weighted by molar-refractivity contribution is 5.86. The fourth-order valence-corrected chi connectivity index (χ4v) is 1.86. The number of carbonyl (C=O) groups is 1. The van der Waals surface area contributed by atoms with E-state index in [4.69, 9.17) is 0 Å². The zero-order valence-corrected chi connectivity index (χ0v) is 9.38. The van der Waals surface area contributed by atoms with Gasteiger partial charge in [0.25, 0.3) is 0 Å². The van der Waals surface area contributed by atoms with Crippen molar-refractivity contribution in [1.82, 2.24) is 10.2 Å². The molecule has 14 heavy (non-hydrogen) atoms. The van der Waals surface area contributed by atoms with Crippen LogP contribution in [-0.2, 0) is 4.79 Å². The minimum Gasteiger partial charge on any atom is -0.306 e. The lowest BCUT2D eigenvalue weighted by molar-refractivity contribution is -0.119. The number of ketones is 1. The van der Waals surface area contributed by atoms with Gasteiger partial charge < -0.3 is 10.2 Å². The lowest BCUT2D eigenvalue weighted by Crippen LogP contribution is -2.39. The first-order valence-corrected chi connectivity index (χ1v) is 5.68. The molecule has 3 nitrogen and oxygen atoms in total. The Kier molecular flexibility index (Phi) is 5.12. The topological polar surface area (TPSA) is 32.3 Å². The third-order valence-electron chi connectivity index (χ3n) is 2.79. The van der Waals surface area contributed by atoms with Crippen LogP contribution < -0.4 is 5.32 Å². The van der Waals surface area contributed by atoms with Crippen molar-refractivity contribution in [2.45, 2.75) is 38.6 Å². The van der Waals surface area contributed by atoms with Gasteiger partial charge in [0.1, 0.15) is 0 Å². The number of hydrogen-bond acceptors (Lipinski definition) is 3. The van der Waals surface area contributed by atoms with Crippen LogP contribution in [0.15, 0.2) is 0 Å². The molecule has 1 aliphatic heterocycles. The summed E-state index contributed by atoms with van der Waals surface area (Å²) in [5.74, 6) is 0.382. The van der Waals surface area contributed by atoms with E-state index in [2.05, 4.69) is 24.2 Å². The van der Waals surface area contributed by atoms with Gasteiger partial charge in [-0.25, -0.2) is 0 Å². The predicted molar refractivity (Wildman–Crippen MR) is 58.4 cm³/mol. The summed E-state index contributed by atoms with van der Waals surface area (Å²) in [6, 6.07) is 0.0987. The quantitative estimate of drug-likeness (QED) is 0.647. The van der Waals surface area contributed by atoms with Crippen LogP contribution in [-0.4, -0.2) is 43.4 Å². The summed E-state index contributed by atoms with van der Waals surface area (Å²) in [6.07, 6.45) is 4.51. The molecule has 0 spiro atoms. The van der Waals surface area contributed by atoms with Crippen molar-refractivity contribution in [3.8, 4) is 0 Å². The van der Waals surface area contributed by atoms with Gasteiger partial charge >= 0.3 is 0 Å². The molecule has 1 saturated heterocycles. The summed E-state index contributed by atoms with van der Waals surface area (Å²) in [6.45, 7) is 5.07. The Morgan fingerprint density at radius 1 is 1.50 bits per heavy atom. The summed E-state index contributed by atoms with van der Waals surface area (Å²) in [4.78, 5) is 13.6. The molecule has 0 aliphatic carbocycles. The maximum atomic E-state index is 11.4. The highest BCUT2D eigenvalue weighted by atomic mass is 16.1. The highest BCUT2D eigenvalue weighted by Crippen LogP contribution is 2.03. The molecule has 1 N–H and O–H groups in total. The Bertz CT molecular complexity index is 182. The van der Waals surface area contributed by atoms with Crippen molar-refractivity contribution in [3.63, 3.8) is 0 Å². The molecule has 0 radical (unpaired) electrons. The van der Waals surface area contributed by atoms with Crippen LogP contribution in [0.4, 0.5) is 0 Å². The molecule has 1 aliphatic rings. The molecule has 0 amide bonds. The summed E-state index contributed by atoms with van der Waals surface area (Å²) in [7, 11) is 2.10. The highest BCUT2D eigenvalue weighted by Gasteiger charge is 2.24. The predicted octanol–water partition coefficient (Wildman–Crippen LogP) is 1.04. The van der Waals surface area contributed by atoms with Crippen molar-refractivity contribution in [2.75, 3.05) is 26.7 Å². The van der Waals surface area contributed by atoms with E-state index in [1.807, 2.05) is 0 Å². The normalized spacial score (nSPS) is 22.2. The van der Waals surface area contributed by atoms with Gasteiger partial charge in [0.05, 0.1) is 6.04 Å². The third-order valence-corrected chi connectivity index (χ3v) is 2.79. The second-order valence-electron chi connectivity index (χ2n) is 4.19. The van der Waals surface area contributed by atoms with Crippen molar-refractivity contribution in [2.24, 2.45) is 0 Å².